The predicted molar refractivity (Wildman–Crippen MR) is 81.5 cm³/mol. The van der Waals surface area contributed by atoms with Crippen LogP contribution < -0.4 is 20.5 Å². The van der Waals surface area contributed by atoms with Gasteiger partial charge in [0, 0.05) is 18.2 Å². The van der Waals surface area contributed by atoms with Gasteiger partial charge in [-0.3, -0.25) is 4.79 Å². The topological polar surface area (TPSA) is 73.6 Å². The molecule has 0 spiro atoms. The first-order valence-corrected chi connectivity index (χ1v) is 7.58. The lowest BCUT2D eigenvalue weighted by atomic mass is 10.1. The van der Waals surface area contributed by atoms with Crippen molar-refractivity contribution in [1.82, 2.24) is 5.32 Å². The maximum atomic E-state index is 11.9. The maximum Gasteiger partial charge on any atom is 0.260 e. The molecule has 1 aliphatic heterocycles. The van der Waals surface area contributed by atoms with Crippen LogP contribution in [0.3, 0.4) is 0 Å². The third-order valence-electron chi connectivity index (χ3n) is 3.56. The SMILES string of the molecule is CCCCCNC(=O)C(C)Oc1ccc2c(c1)OCC2N. The highest BCUT2D eigenvalue weighted by molar-refractivity contribution is 5.80. The molecule has 0 aliphatic carbocycles. The van der Waals surface area contributed by atoms with E-state index in [2.05, 4.69) is 12.2 Å². The van der Waals surface area contributed by atoms with Gasteiger partial charge in [-0.1, -0.05) is 19.8 Å². The molecule has 2 unspecified atom stereocenters. The summed E-state index contributed by atoms with van der Waals surface area (Å²) in [6.07, 6.45) is 2.73. The highest BCUT2D eigenvalue weighted by Gasteiger charge is 2.22. The minimum Gasteiger partial charge on any atom is -0.491 e. The third-order valence-corrected chi connectivity index (χ3v) is 3.56. The van der Waals surface area contributed by atoms with Gasteiger partial charge in [0.25, 0.3) is 5.91 Å². The molecular formula is C16H24N2O3. The normalized spacial score (nSPS) is 17.8. The van der Waals surface area contributed by atoms with Gasteiger partial charge < -0.3 is 20.5 Å². The summed E-state index contributed by atoms with van der Waals surface area (Å²) < 4.78 is 11.1. The zero-order valence-electron chi connectivity index (χ0n) is 12.7. The summed E-state index contributed by atoms with van der Waals surface area (Å²) in [6, 6.07) is 5.44. The Morgan fingerprint density at radius 2 is 2.33 bits per heavy atom. The number of benzene rings is 1. The Bertz CT molecular complexity index is 490. The van der Waals surface area contributed by atoms with E-state index >= 15 is 0 Å². The summed E-state index contributed by atoms with van der Waals surface area (Å²) in [5.74, 6) is 1.28. The lowest BCUT2D eigenvalue weighted by Gasteiger charge is -2.15. The van der Waals surface area contributed by atoms with Crippen molar-refractivity contribution in [2.75, 3.05) is 13.2 Å². The first-order chi connectivity index (χ1) is 10.1. The van der Waals surface area contributed by atoms with Crippen LogP contribution in [0.1, 0.15) is 44.7 Å². The molecule has 0 bridgehead atoms. The molecular weight excluding hydrogens is 268 g/mol. The lowest BCUT2D eigenvalue weighted by molar-refractivity contribution is -0.127. The Hall–Kier alpha value is -1.75. The van der Waals surface area contributed by atoms with Crippen LogP contribution in [0.4, 0.5) is 0 Å². The van der Waals surface area contributed by atoms with Crippen LogP contribution in [0.5, 0.6) is 11.5 Å². The van der Waals surface area contributed by atoms with Crippen LogP contribution in [-0.4, -0.2) is 25.2 Å². The molecule has 0 saturated carbocycles. The molecule has 0 aromatic heterocycles. The van der Waals surface area contributed by atoms with Crippen molar-refractivity contribution in [3.05, 3.63) is 23.8 Å². The van der Waals surface area contributed by atoms with Gasteiger partial charge in [-0.15, -0.1) is 0 Å². The van der Waals surface area contributed by atoms with Crippen LogP contribution in [0.15, 0.2) is 18.2 Å². The van der Waals surface area contributed by atoms with Crippen molar-refractivity contribution >= 4 is 5.91 Å². The molecule has 116 valence electrons. The molecule has 1 heterocycles. The quantitative estimate of drug-likeness (QED) is 0.755. The number of rotatable bonds is 7. The largest absolute Gasteiger partial charge is 0.491 e. The fraction of sp³-hybridized carbons (Fsp3) is 0.562. The van der Waals surface area contributed by atoms with E-state index in [1.807, 2.05) is 12.1 Å². The second kappa shape index (κ2) is 7.31. The van der Waals surface area contributed by atoms with Crippen LogP contribution in [-0.2, 0) is 4.79 Å². The lowest BCUT2D eigenvalue weighted by Crippen LogP contribution is -2.36. The predicted octanol–water partition coefficient (Wildman–Crippen LogP) is 2.15. The van der Waals surface area contributed by atoms with Crippen LogP contribution in [0, 0.1) is 0 Å². The van der Waals surface area contributed by atoms with Gasteiger partial charge in [0.1, 0.15) is 18.1 Å². The average molecular weight is 292 g/mol. The number of carbonyl (C=O) groups is 1. The van der Waals surface area contributed by atoms with Crippen molar-refractivity contribution in [2.24, 2.45) is 5.73 Å². The second-order valence-corrected chi connectivity index (χ2v) is 5.38. The Morgan fingerprint density at radius 1 is 1.52 bits per heavy atom. The smallest absolute Gasteiger partial charge is 0.260 e. The standard InChI is InChI=1S/C16H24N2O3/c1-3-4-5-8-18-16(19)11(2)21-12-6-7-13-14(17)10-20-15(13)9-12/h6-7,9,11,14H,3-5,8,10,17H2,1-2H3,(H,18,19). The molecule has 5 nitrogen and oxygen atoms in total. The van der Waals surface area contributed by atoms with E-state index in [1.165, 1.54) is 0 Å². The number of hydrogen-bond donors (Lipinski definition) is 2. The zero-order valence-corrected chi connectivity index (χ0v) is 12.7. The van der Waals surface area contributed by atoms with Gasteiger partial charge in [0.05, 0.1) is 6.04 Å². The Balaban J connectivity index is 1.85. The molecule has 2 atom stereocenters. The van der Waals surface area contributed by atoms with Crippen molar-refractivity contribution in [3.8, 4) is 11.5 Å². The summed E-state index contributed by atoms with van der Waals surface area (Å²) in [7, 11) is 0. The van der Waals surface area contributed by atoms with E-state index in [1.54, 1.807) is 13.0 Å². The van der Waals surface area contributed by atoms with Crippen LogP contribution >= 0.6 is 0 Å². The minimum absolute atomic E-state index is 0.0756. The summed E-state index contributed by atoms with van der Waals surface area (Å²) in [4.78, 5) is 11.9. The Kier molecular flexibility index (Phi) is 5.44. The van der Waals surface area contributed by atoms with Gasteiger partial charge in [-0.05, 0) is 25.5 Å². The fourth-order valence-corrected chi connectivity index (χ4v) is 2.28. The van der Waals surface area contributed by atoms with Gasteiger partial charge >= 0.3 is 0 Å². The number of hydrogen-bond acceptors (Lipinski definition) is 4. The summed E-state index contributed by atoms with van der Waals surface area (Å²) in [5.41, 5.74) is 6.88. The highest BCUT2D eigenvalue weighted by Crippen LogP contribution is 2.34. The number of fused-ring (bicyclic) bond motifs is 1. The number of unbranched alkanes of at least 4 members (excludes halogenated alkanes) is 2. The molecule has 1 aromatic carbocycles. The summed E-state index contributed by atoms with van der Waals surface area (Å²) in [6.45, 7) is 5.07. The van der Waals surface area contributed by atoms with Crippen molar-refractivity contribution in [1.29, 1.82) is 0 Å². The molecule has 0 fully saturated rings. The van der Waals surface area contributed by atoms with E-state index in [0.29, 0.717) is 18.9 Å². The maximum absolute atomic E-state index is 11.9. The highest BCUT2D eigenvalue weighted by atomic mass is 16.5. The van der Waals surface area contributed by atoms with E-state index in [-0.39, 0.29) is 11.9 Å². The molecule has 1 aliphatic rings. The molecule has 3 N–H and O–H groups in total. The van der Waals surface area contributed by atoms with Crippen molar-refractivity contribution < 1.29 is 14.3 Å². The third kappa shape index (κ3) is 4.11. The fourth-order valence-electron chi connectivity index (χ4n) is 2.28. The first-order valence-electron chi connectivity index (χ1n) is 7.58. The number of ether oxygens (including phenoxy) is 2. The van der Waals surface area contributed by atoms with Crippen LogP contribution in [0.2, 0.25) is 0 Å². The van der Waals surface area contributed by atoms with Gasteiger partial charge in [0.2, 0.25) is 0 Å². The Labute approximate surface area is 125 Å². The van der Waals surface area contributed by atoms with E-state index < -0.39 is 6.10 Å². The number of nitrogens with two attached hydrogens (primary N) is 1. The summed E-state index contributed by atoms with van der Waals surface area (Å²) in [5, 5.41) is 2.88. The van der Waals surface area contributed by atoms with E-state index in [4.69, 9.17) is 15.2 Å². The van der Waals surface area contributed by atoms with Crippen molar-refractivity contribution in [3.63, 3.8) is 0 Å². The van der Waals surface area contributed by atoms with Crippen LogP contribution in [0.25, 0.3) is 0 Å². The monoisotopic (exact) mass is 292 g/mol. The molecule has 21 heavy (non-hydrogen) atoms. The number of carbonyl (C=O) groups excluding carboxylic acids is 1. The second-order valence-electron chi connectivity index (χ2n) is 5.38. The zero-order chi connectivity index (χ0) is 15.2. The number of nitrogens with one attached hydrogen (secondary N) is 1. The summed E-state index contributed by atoms with van der Waals surface area (Å²) >= 11 is 0. The molecule has 0 radical (unpaired) electrons. The van der Waals surface area contributed by atoms with Gasteiger partial charge in [-0.25, -0.2) is 0 Å². The Morgan fingerprint density at radius 3 is 3.10 bits per heavy atom. The van der Waals surface area contributed by atoms with Gasteiger partial charge in [-0.2, -0.15) is 0 Å². The van der Waals surface area contributed by atoms with E-state index in [9.17, 15) is 4.79 Å². The molecule has 0 saturated heterocycles. The minimum atomic E-state index is -0.528. The molecule has 5 heteroatoms. The molecule has 2 rings (SSSR count). The average Bonchev–Trinajstić information content (AvgIpc) is 2.84. The van der Waals surface area contributed by atoms with Crippen molar-refractivity contribution in [2.45, 2.75) is 45.3 Å². The van der Waals surface area contributed by atoms with Gasteiger partial charge in [0.15, 0.2) is 6.10 Å². The molecule has 1 amide bonds. The van der Waals surface area contributed by atoms with E-state index in [0.717, 1.165) is 30.6 Å². The number of amides is 1. The molecule has 1 aromatic rings. The first kappa shape index (κ1) is 15.6.